The molecule has 518 valence electrons. The molecule has 95 heavy (non-hydrogen) atoms. The lowest BCUT2D eigenvalue weighted by atomic mass is 10.00. The molecule has 4 heterocycles. The second-order valence-corrected chi connectivity index (χ2v) is 24.2. The first-order valence-corrected chi connectivity index (χ1v) is 32.3. The maximum atomic E-state index is 15.2. The molecule has 11 atom stereocenters. The number of aliphatic hydroxyl groups excluding tert-OH is 1. The monoisotopic (exact) mass is 1320 g/mol. The number of nitrogens with one attached hydrogen (secondary N) is 10. The fraction of sp³-hybridized carbons (Fsp3) is 0.556. The fourth-order valence-electron chi connectivity index (χ4n) is 11.8. The Bertz CT molecular complexity index is 3260. The molecule has 0 unspecified atom stereocenters. The van der Waals surface area contributed by atoms with Gasteiger partial charge in [0, 0.05) is 63.0 Å². The van der Waals surface area contributed by atoms with Crippen molar-refractivity contribution in [3.63, 3.8) is 0 Å². The van der Waals surface area contributed by atoms with E-state index in [9.17, 15) is 53.1 Å². The van der Waals surface area contributed by atoms with Crippen molar-refractivity contribution < 1.29 is 62.6 Å². The van der Waals surface area contributed by atoms with Crippen LogP contribution >= 0.6 is 0 Å². The molecule has 1 aromatic heterocycles. The number of rotatable bonds is 26. The van der Waals surface area contributed by atoms with Gasteiger partial charge in [-0.15, -0.1) is 0 Å². The van der Waals surface area contributed by atoms with Crippen molar-refractivity contribution in [1.29, 1.82) is 0 Å². The summed E-state index contributed by atoms with van der Waals surface area (Å²) in [5.41, 5.74) is 29.6. The van der Waals surface area contributed by atoms with Crippen LogP contribution in [-0.4, -0.2) is 202 Å². The number of carbonyl (C=O) groups is 12. The van der Waals surface area contributed by atoms with Gasteiger partial charge in [0.1, 0.15) is 66.5 Å². The number of nitrogens with two attached hydrogens (primary N) is 5. The van der Waals surface area contributed by atoms with Gasteiger partial charge in [-0.1, -0.05) is 74.2 Å². The summed E-state index contributed by atoms with van der Waals surface area (Å²) < 4.78 is 0. The summed E-state index contributed by atoms with van der Waals surface area (Å²) in [5, 5.41) is 34.6. The van der Waals surface area contributed by atoms with Crippen LogP contribution in [0.5, 0.6) is 0 Å². The number of hydrogen-bond donors (Lipinski definition) is 16. The number of hydrogen-bond acceptors (Lipinski definition) is 15. The zero-order valence-corrected chi connectivity index (χ0v) is 54.0. The number of H-pyrrole nitrogens is 1. The number of aliphatic imine (C=N–C) groups is 2. The highest BCUT2D eigenvalue weighted by molar-refractivity contribution is 6.00. The summed E-state index contributed by atoms with van der Waals surface area (Å²) in [7, 11) is 0. The summed E-state index contributed by atoms with van der Waals surface area (Å²) in [6, 6.07) is 2.19. The SMILES string of the molecule is CC(=O)N[C@@H](CO)C(=O)N[C@@H](C)C(=O)N[C@@H](CCCN=C(N)N)C(=O)N[C@@H](Cc1c[nH]c2ccccc12)C(=O)N[C@H]1CCCCCC[C@@H](C(=O)N2CCC[C@H]2C(=O)N[C@@H](CCCN=C(N)N)C(N)=O)NC(=O)[C@H](C)NC(=O)[C@@H]2CCCN2C(=O)[C@H](Cc2ccccc2)NC1=O. The number of aliphatic hydroxyl groups is 1. The van der Waals surface area contributed by atoms with Crippen LogP contribution in [0.1, 0.15) is 122 Å². The lowest BCUT2D eigenvalue weighted by Gasteiger charge is -2.31. The predicted molar refractivity (Wildman–Crippen MR) is 350 cm³/mol. The van der Waals surface area contributed by atoms with Gasteiger partial charge in [-0.25, -0.2) is 0 Å². The van der Waals surface area contributed by atoms with Crippen LogP contribution in [0.4, 0.5) is 0 Å². The molecule has 0 spiro atoms. The number of para-hydroxylation sites is 1. The van der Waals surface area contributed by atoms with Crippen LogP contribution in [0.3, 0.4) is 0 Å². The predicted octanol–water partition coefficient (Wildman–Crippen LogP) is -3.70. The number of carbonyl (C=O) groups excluding carboxylic acids is 12. The molecular weight excluding hydrogens is 1230 g/mol. The van der Waals surface area contributed by atoms with E-state index < -0.39 is 144 Å². The number of guanidine groups is 2. The van der Waals surface area contributed by atoms with Crippen LogP contribution < -0.4 is 76.5 Å². The van der Waals surface area contributed by atoms with Crippen molar-refractivity contribution in [2.24, 2.45) is 38.7 Å². The zero-order valence-electron chi connectivity index (χ0n) is 54.0. The largest absolute Gasteiger partial charge is 0.394 e. The summed E-state index contributed by atoms with van der Waals surface area (Å²) in [6.07, 6.45) is 4.64. The maximum Gasteiger partial charge on any atom is 0.246 e. The smallest absolute Gasteiger partial charge is 0.246 e. The number of primary amides is 1. The van der Waals surface area contributed by atoms with Crippen molar-refractivity contribution in [1.82, 2.24) is 62.6 Å². The normalized spacial score (nSPS) is 21.3. The van der Waals surface area contributed by atoms with Crippen molar-refractivity contribution >= 4 is 93.7 Å². The third-order valence-electron chi connectivity index (χ3n) is 16.9. The average Bonchev–Trinajstić information content (AvgIpc) is 1.74. The molecule has 12 amide bonds. The van der Waals surface area contributed by atoms with E-state index in [1.54, 1.807) is 48.7 Å². The van der Waals surface area contributed by atoms with Gasteiger partial charge in [0.2, 0.25) is 70.9 Å². The summed E-state index contributed by atoms with van der Waals surface area (Å²) >= 11 is 0. The average molecular weight is 1320 g/mol. The molecule has 0 bridgehead atoms. The van der Waals surface area contributed by atoms with Gasteiger partial charge in [0.25, 0.3) is 0 Å². The molecule has 3 fully saturated rings. The molecule has 3 saturated heterocycles. The van der Waals surface area contributed by atoms with Crippen LogP contribution in [0.25, 0.3) is 10.9 Å². The third-order valence-corrected chi connectivity index (χ3v) is 16.9. The molecule has 0 saturated carbocycles. The minimum atomic E-state index is -1.46. The Morgan fingerprint density at radius 1 is 0.642 bits per heavy atom. The number of benzene rings is 2. The highest BCUT2D eigenvalue weighted by Crippen LogP contribution is 2.24. The molecule has 3 aliphatic rings. The molecule has 3 aromatic rings. The van der Waals surface area contributed by atoms with E-state index >= 15 is 9.59 Å². The minimum Gasteiger partial charge on any atom is -0.394 e. The molecule has 0 radical (unpaired) electrons. The number of aromatic nitrogens is 1. The maximum absolute atomic E-state index is 15.2. The molecule has 0 aliphatic carbocycles. The molecule has 32 nitrogen and oxygen atoms in total. The van der Waals surface area contributed by atoms with Crippen molar-refractivity contribution in [3.05, 3.63) is 71.9 Å². The molecular formula is C63H93N19O13. The second kappa shape index (κ2) is 36.5. The van der Waals surface area contributed by atoms with E-state index in [0.29, 0.717) is 60.6 Å². The Balaban J connectivity index is 1.30. The highest BCUT2D eigenvalue weighted by Gasteiger charge is 2.42. The Hall–Kier alpha value is -9.88. The number of likely N-dealkylation sites (tertiary alicyclic amines) is 1. The lowest BCUT2D eigenvalue weighted by Crippen LogP contribution is -2.60. The van der Waals surface area contributed by atoms with Gasteiger partial charge in [0.15, 0.2) is 11.9 Å². The first kappa shape index (κ1) is 74.2. The third kappa shape index (κ3) is 22.4. The minimum absolute atomic E-state index is 0.0268. The fourth-order valence-corrected chi connectivity index (χ4v) is 11.8. The van der Waals surface area contributed by atoms with E-state index in [1.807, 2.05) is 12.1 Å². The standard InChI is InChI=1S/C63H93N19O13/c1-35(72-57(91)48(34-83)74-37(3)84)52(86)76-44(24-14-28-70-63(67)68)54(88)79-46(32-39-33-71-41-20-12-11-19-40(39)41)56(90)77-43-21-9-4-5-10-22-45(60(94)81-29-16-26-50(81)59(93)75-42(51(64)85)23-13-27-69-62(65)66)78-53(87)36(2)73-58(92)49-25-15-30-82(49)61(95)47(80-55(43)89)31-38-17-7-6-8-18-38/h6-8,11-12,17-20,33,35-36,42-50,71,83H,4-5,9-10,13-16,21-32,34H2,1-3H3,(H2,64,85)(H,72,91)(H,73,92)(H,74,84)(H,75,93)(H,76,86)(H,77,90)(H,78,87)(H,79,88)(H,80,89)(H4,65,66,69)(H4,67,68,70)/t35-,36-,42-,43-,44-,45-,46-,47-,48-,49-,50-/m0/s1. The topological polar surface area (TPSA) is 510 Å². The highest BCUT2D eigenvalue weighted by atomic mass is 16.3. The lowest BCUT2D eigenvalue weighted by molar-refractivity contribution is -0.143. The van der Waals surface area contributed by atoms with Crippen LogP contribution in [0.15, 0.2) is 70.8 Å². The summed E-state index contributed by atoms with van der Waals surface area (Å²) in [4.78, 5) is 182. The van der Waals surface area contributed by atoms with E-state index in [1.165, 1.54) is 23.6 Å². The van der Waals surface area contributed by atoms with E-state index in [4.69, 9.17) is 28.7 Å². The Morgan fingerprint density at radius 3 is 1.94 bits per heavy atom. The number of nitrogens with zero attached hydrogens (tertiary/aromatic N) is 4. The first-order chi connectivity index (χ1) is 45.3. The first-order valence-electron chi connectivity index (χ1n) is 32.3. The van der Waals surface area contributed by atoms with Crippen LogP contribution in [0, 0.1) is 0 Å². The Labute approximate surface area is 550 Å². The molecule has 3 aliphatic heterocycles. The summed E-state index contributed by atoms with van der Waals surface area (Å²) in [6.45, 7) is 3.58. The molecule has 6 rings (SSSR count). The zero-order chi connectivity index (χ0) is 69.3. The Morgan fingerprint density at radius 2 is 1.27 bits per heavy atom. The Kier molecular flexibility index (Phi) is 28.5. The van der Waals surface area contributed by atoms with Gasteiger partial charge in [-0.3, -0.25) is 67.5 Å². The number of fused-ring (bicyclic) bond motifs is 2. The number of amides is 12. The van der Waals surface area contributed by atoms with Crippen molar-refractivity contribution in [3.8, 4) is 0 Å². The van der Waals surface area contributed by atoms with Gasteiger partial charge < -0.3 is 96.4 Å². The van der Waals surface area contributed by atoms with Gasteiger partial charge in [-0.05, 0) is 95.2 Å². The van der Waals surface area contributed by atoms with Crippen LogP contribution in [-0.2, 0) is 70.4 Å². The molecule has 2 aromatic carbocycles. The quantitative estimate of drug-likeness (QED) is 0.0209. The van der Waals surface area contributed by atoms with Crippen LogP contribution in [0.2, 0.25) is 0 Å². The van der Waals surface area contributed by atoms with Crippen molar-refractivity contribution in [2.45, 2.75) is 190 Å². The van der Waals surface area contributed by atoms with Gasteiger partial charge in [-0.2, -0.15) is 0 Å². The molecule has 21 N–H and O–H groups in total. The van der Waals surface area contributed by atoms with E-state index in [2.05, 4.69) is 62.8 Å². The second-order valence-electron chi connectivity index (χ2n) is 24.2. The van der Waals surface area contributed by atoms with E-state index in [-0.39, 0.29) is 102 Å². The summed E-state index contributed by atoms with van der Waals surface area (Å²) in [5.74, 6) is -9.18. The van der Waals surface area contributed by atoms with Gasteiger partial charge >= 0.3 is 0 Å². The van der Waals surface area contributed by atoms with Crippen molar-refractivity contribution in [2.75, 3.05) is 32.8 Å². The molecule has 32 heteroatoms. The van der Waals surface area contributed by atoms with Gasteiger partial charge in [0.05, 0.1) is 6.61 Å². The van der Waals surface area contributed by atoms with E-state index in [0.717, 1.165) is 6.92 Å². The number of aromatic amines is 1.